The number of aryl methyl sites for hydroxylation is 16. The van der Waals surface area contributed by atoms with Crippen LogP contribution in [0, 0.1) is 111 Å². The van der Waals surface area contributed by atoms with Gasteiger partial charge in [0.2, 0.25) is 15.3 Å². The first-order chi connectivity index (χ1) is 59.2. The number of alkyl halides is 6. The van der Waals surface area contributed by atoms with E-state index in [-0.39, 0.29) is 27.7 Å². The lowest BCUT2D eigenvalue weighted by Gasteiger charge is -2.38. The van der Waals surface area contributed by atoms with Crippen molar-refractivity contribution in [2.75, 3.05) is 0 Å². The van der Waals surface area contributed by atoms with Crippen molar-refractivity contribution in [3.8, 4) is 11.5 Å². The summed E-state index contributed by atoms with van der Waals surface area (Å²) in [7, 11) is -3.37. The third-order valence-electron chi connectivity index (χ3n) is 21.1. The average molecular weight is 1760 g/mol. The molecule has 15 aromatic carbocycles. The predicted octanol–water partition coefficient (Wildman–Crippen LogP) is 34.0. The molecule has 0 bridgehead atoms. The van der Waals surface area contributed by atoms with Crippen LogP contribution in [0.5, 0.6) is 11.5 Å². The van der Waals surface area contributed by atoms with Crippen molar-refractivity contribution in [1.29, 1.82) is 0 Å². The first-order valence-electron chi connectivity index (χ1n) is 41.9. The molecule has 15 aromatic rings. The number of rotatable bonds is 14. The van der Waals surface area contributed by atoms with Gasteiger partial charge in [0.15, 0.2) is 0 Å². The fourth-order valence-corrected chi connectivity index (χ4v) is 15.0. The molecule has 0 fully saturated rings. The second-order valence-corrected chi connectivity index (χ2v) is 36.0. The Hall–Kier alpha value is -12.0. The van der Waals surface area contributed by atoms with E-state index in [2.05, 4.69) is 315 Å². The Morgan fingerprint density at radius 3 is 0.578 bits per heavy atom. The van der Waals surface area contributed by atoms with Crippen LogP contribution in [0.4, 0.5) is 26.3 Å². The molecule has 128 heavy (non-hydrogen) atoms. The predicted molar refractivity (Wildman–Crippen MR) is 533 cm³/mol. The summed E-state index contributed by atoms with van der Waals surface area (Å²) < 4.78 is 113. The standard InChI is InChI=1S/C17H14F6.C17H20.2C15H16.C14H14O2S.C14H14O.C14H14S.C8H10.3CH4/c1-11-3-7-13(8-4-11)15(16(18,19)20,17(21,22)23)14-9-5-12(2)6-10-14;1-13-5-9-15(10-6-13)17(3,4)16-11-7-14(2)8-12-16;2*1-12-3-7-14(8-4-12)11-15-9-5-13(2)6-10-15;1-11-3-7-13(8-4-11)17(15,16)14-9-5-12(2)6-10-14;2*1-11-3-7-13(8-4-11)15-14-9-5-12(2)6-10-14;1-7-3-5-8(2)6-4-7;;;/h3-10H,1-2H3;5-12H,1-4H3;2*3-10H,11H2,1-2H3;3-10H,1-2H3;2*3-10H,1-2H3;3-6H,1-2H3;3*1H4. The fraction of sp³-hybridized carbons (Fsp3) is 0.231. The van der Waals surface area contributed by atoms with Gasteiger partial charge in [0.25, 0.3) is 0 Å². The van der Waals surface area contributed by atoms with Crippen molar-refractivity contribution in [1.82, 2.24) is 0 Å². The highest BCUT2D eigenvalue weighted by atomic mass is 32.2. The lowest BCUT2D eigenvalue weighted by atomic mass is 9.72. The van der Waals surface area contributed by atoms with Crippen LogP contribution in [0.3, 0.4) is 0 Å². The highest BCUT2D eigenvalue weighted by molar-refractivity contribution is 7.99. The van der Waals surface area contributed by atoms with E-state index in [9.17, 15) is 34.8 Å². The molecule has 3 nitrogen and oxygen atoms in total. The molecule has 0 amide bonds. The Balaban J connectivity index is 0.000000261. The van der Waals surface area contributed by atoms with Crippen molar-refractivity contribution in [3.05, 3.63) is 498 Å². The number of hydrogen-bond acceptors (Lipinski definition) is 4. The maximum atomic E-state index is 13.7. The molecular weight excluding hydrogens is 1630 g/mol. The van der Waals surface area contributed by atoms with Crippen molar-refractivity contribution < 1.29 is 39.5 Å². The summed E-state index contributed by atoms with van der Waals surface area (Å²) in [6.07, 6.45) is -9.01. The largest absolute Gasteiger partial charge is 0.457 e. The van der Waals surface area contributed by atoms with E-state index in [0.717, 1.165) is 59.7 Å². The molecule has 15 rings (SSSR count). The summed E-state index contributed by atoms with van der Waals surface area (Å²) in [4.78, 5) is 3.27. The van der Waals surface area contributed by atoms with E-state index in [4.69, 9.17) is 4.74 Å². The Morgan fingerprint density at radius 1 is 0.227 bits per heavy atom. The maximum Gasteiger partial charge on any atom is 0.411 e. The van der Waals surface area contributed by atoms with Crippen molar-refractivity contribution >= 4 is 21.6 Å². The molecular formula is C117H130F6O3S2. The van der Waals surface area contributed by atoms with Crippen molar-refractivity contribution in [2.45, 2.75) is 203 Å². The van der Waals surface area contributed by atoms with Gasteiger partial charge >= 0.3 is 12.4 Å². The van der Waals surface area contributed by atoms with Crippen LogP contribution in [0.25, 0.3) is 0 Å². The zero-order valence-corrected chi connectivity index (χ0v) is 77.0. The van der Waals surface area contributed by atoms with Crippen molar-refractivity contribution in [3.63, 3.8) is 0 Å². The van der Waals surface area contributed by atoms with Gasteiger partial charge in [-0.05, 0) is 241 Å². The highest BCUT2D eigenvalue weighted by Crippen LogP contribution is 2.56. The van der Waals surface area contributed by atoms with Crippen LogP contribution in [-0.2, 0) is 33.5 Å². The summed E-state index contributed by atoms with van der Waals surface area (Å²) in [6.45, 7) is 36.9. The summed E-state index contributed by atoms with van der Waals surface area (Å²) in [5.41, 5.74) is 21.5. The monoisotopic (exact) mass is 1760 g/mol. The zero-order valence-electron chi connectivity index (χ0n) is 75.4. The summed E-state index contributed by atoms with van der Waals surface area (Å²) >= 11 is 1.80. The Labute approximate surface area is 767 Å². The van der Waals surface area contributed by atoms with E-state index in [0.29, 0.717) is 20.9 Å². The molecule has 0 N–H and O–H groups in total. The van der Waals surface area contributed by atoms with Gasteiger partial charge in [0.05, 0.1) is 9.79 Å². The smallest absolute Gasteiger partial charge is 0.411 e. The first-order valence-corrected chi connectivity index (χ1v) is 44.2. The molecule has 0 aliphatic carbocycles. The minimum Gasteiger partial charge on any atom is -0.457 e. The van der Waals surface area contributed by atoms with Crippen LogP contribution >= 0.6 is 11.8 Å². The molecule has 0 spiro atoms. The van der Waals surface area contributed by atoms with Gasteiger partial charge in [-0.25, -0.2) is 8.42 Å². The van der Waals surface area contributed by atoms with Gasteiger partial charge in [-0.1, -0.05) is 428 Å². The molecule has 0 aliphatic heterocycles. The Bertz CT molecular complexity index is 5110. The third-order valence-corrected chi connectivity index (χ3v) is 23.9. The minimum atomic E-state index is -5.53. The maximum absolute atomic E-state index is 13.7. The fourth-order valence-electron chi connectivity index (χ4n) is 12.9. The average Bonchev–Trinajstić information content (AvgIpc) is 0.716. The lowest BCUT2D eigenvalue weighted by Crippen LogP contribution is -2.54. The second kappa shape index (κ2) is 50.5. The number of halogens is 6. The van der Waals surface area contributed by atoms with Crippen LogP contribution in [-0.4, -0.2) is 20.8 Å². The van der Waals surface area contributed by atoms with E-state index in [1.165, 1.54) is 134 Å². The topological polar surface area (TPSA) is 43.4 Å². The molecule has 670 valence electrons. The van der Waals surface area contributed by atoms with E-state index in [1.807, 2.05) is 62.4 Å². The molecule has 0 aromatic heterocycles. The van der Waals surface area contributed by atoms with E-state index < -0.39 is 38.7 Å². The van der Waals surface area contributed by atoms with Gasteiger partial charge in [-0.15, -0.1) is 0 Å². The molecule has 0 aliphatic rings. The zero-order chi connectivity index (χ0) is 91.1. The summed E-state index contributed by atoms with van der Waals surface area (Å²) in [6, 6.07) is 117. The summed E-state index contributed by atoms with van der Waals surface area (Å²) in [5.74, 6) is 1.76. The van der Waals surface area contributed by atoms with Gasteiger partial charge in [-0.3, -0.25) is 0 Å². The third kappa shape index (κ3) is 33.6. The number of hydrogen-bond donors (Lipinski definition) is 0. The van der Waals surface area contributed by atoms with Gasteiger partial charge in [0, 0.05) is 15.2 Å². The molecule has 0 saturated heterocycles. The molecule has 0 radical (unpaired) electrons. The van der Waals surface area contributed by atoms with E-state index >= 15 is 0 Å². The number of sulfone groups is 1. The summed E-state index contributed by atoms with van der Waals surface area (Å²) in [5, 5.41) is 0. The first kappa shape index (κ1) is 107. The van der Waals surface area contributed by atoms with Gasteiger partial charge in [0.1, 0.15) is 11.5 Å². The normalized spacial score (nSPS) is 10.8. The second-order valence-electron chi connectivity index (χ2n) is 32.9. The van der Waals surface area contributed by atoms with Crippen LogP contribution in [0.2, 0.25) is 0 Å². The quantitative estimate of drug-likeness (QED) is 0.102. The lowest BCUT2D eigenvalue weighted by molar-refractivity contribution is -0.288. The number of ether oxygens (including phenoxy) is 1. The minimum absolute atomic E-state index is 0. The molecule has 0 atom stereocenters. The van der Waals surface area contributed by atoms with Gasteiger partial charge in [-0.2, -0.15) is 26.3 Å². The number of benzene rings is 15. The van der Waals surface area contributed by atoms with E-state index in [1.54, 1.807) is 74.1 Å². The molecule has 0 saturated carbocycles. The molecule has 0 heterocycles. The SMILES string of the molecule is C.C.C.Cc1ccc(C(C)(C)c2ccc(C)cc2)cc1.Cc1ccc(C(c2ccc(C)cc2)(C(F)(F)F)C(F)(F)F)cc1.Cc1ccc(C)cc1.Cc1ccc(Cc2ccc(C)cc2)cc1.Cc1ccc(Cc2ccc(C)cc2)cc1.Cc1ccc(Oc2ccc(C)cc2)cc1.Cc1ccc(S(=O)(=O)c2ccc(C)cc2)cc1.Cc1ccc(Sc2ccc(C)cc2)cc1. The Kier molecular flexibility index (Phi) is 42.0. The van der Waals surface area contributed by atoms with Gasteiger partial charge < -0.3 is 4.74 Å². The molecule has 11 heteroatoms. The Morgan fingerprint density at radius 2 is 0.383 bits per heavy atom. The highest BCUT2D eigenvalue weighted by Gasteiger charge is 2.72. The van der Waals surface area contributed by atoms with Crippen molar-refractivity contribution in [2.24, 2.45) is 0 Å². The van der Waals surface area contributed by atoms with Crippen LogP contribution < -0.4 is 4.74 Å². The van der Waals surface area contributed by atoms with Crippen LogP contribution in [0.15, 0.2) is 384 Å². The van der Waals surface area contributed by atoms with Crippen LogP contribution in [0.1, 0.15) is 170 Å². The molecule has 0 unspecified atom stereocenters.